The standard InChI is InChI=1S/C19H24N4O3/c1-13-7-9-23(10-8-13)17-11-16(20-12-21-17)22-19(24)18-14(25-2)5-4-6-15(18)26-3/h4-6,11-13H,7-10H2,1-3H3,(H,20,21,22,24). The van der Waals surface area contributed by atoms with Gasteiger partial charge >= 0.3 is 0 Å². The van der Waals surface area contributed by atoms with Gasteiger partial charge in [-0.2, -0.15) is 0 Å². The highest BCUT2D eigenvalue weighted by molar-refractivity contribution is 6.07. The van der Waals surface area contributed by atoms with Gasteiger partial charge in [0.2, 0.25) is 0 Å². The SMILES string of the molecule is COc1cccc(OC)c1C(=O)Nc1cc(N2CCC(C)CC2)ncn1. The summed E-state index contributed by atoms with van der Waals surface area (Å²) in [5, 5.41) is 2.82. The van der Waals surface area contributed by atoms with E-state index in [4.69, 9.17) is 9.47 Å². The average Bonchev–Trinajstić information content (AvgIpc) is 2.68. The second kappa shape index (κ2) is 8.03. The van der Waals surface area contributed by atoms with E-state index in [1.54, 1.807) is 24.3 Å². The van der Waals surface area contributed by atoms with Crippen molar-refractivity contribution in [3.63, 3.8) is 0 Å². The van der Waals surface area contributed by atoms with Crippen molar-refractivity contribution in [3.8, 4) is 11.5 Å². The van der Waals surface area contributed by atoms with Gasteiger partial charge in [0, 0.05) is 19.2 Å². The molecule has 7 heteroatoms. The van der Waals surface area contributed by atoms with E-state index < -0.39 is 0 Å². The maximum atomic E-state index is 12.8. The van der Waals surface area contributed by atoms with Gasteiger partial charge in [-0.1, -0.05) is 13.0 Å². The molecule has 2 aromatic rings. The number of piperidine rings is 1. The molecule has 1 fully saturated rings. The minimum atomic E-state index is -0.337. The summed E-state index contributed by atoms with van der Waals surface area (Å²) in [7, 11) is 3.04. The highest BCUT2D eigenvalue weighted by Gasteiger charge is 2.20. The second-order valence-electron chi connectivity index (χ2n) is 6.42. The Labute approximate surface area is 153 Å². The summed E-state index contributed by atoms with van der Waals surface area (Å²) in [6.45, 7) is 4.20. The first-order valence-corrected chi connectivity index (χ1v) is 8.71. The predicted octanol–water partition coefficient (Wildman–Crippen LogP) is 2.98. The summed E-state index contributed by atoms with van der Waals surface area (Å²) in [6.07, 6.45) is 3.76. The third-order valence-electron chi connectivity index (χ3n) is 4.66. The quantitative estimate of drug-likeness (QED) is 0.887. The molecule has 0 radical (unpaired) electrons. The van der Waals surface area contributed by atoms with Crippen LogP contribution >= 0.6 is 0 Å². The van der Waals surface area contributed by atoms with Gasteiger partial charge in [-0.15, -0.1) is 0 Å². The second-order valence-corrected chi connectivity index (χ2v) is 6.42. The number of anilines is 2. The summed E-state index contributed by atoms with van der Waals surface area (Å²) in [5.41, 5.74) is 0.337. The lowest BCUT2D eigenvalue weighted by Crippen LogP contribution is -2.33. The van der Waals surface area contributed by atoms with Crippen molar-refractivity contribution in [3.05, 3.63) is 36.2 Å². The van der Waals surface area contributed by atoms with Gasteiger partial charge in [-0.3, -0.25) is 4.79 Å². The van der Waals surface area contributed by atoms with Gasteiger partial charge in [0.25, 0.3) is 5.91 Å². The van der Waals surface area contributed by atoms with Crippen LogP contribution in [-0.2, 0) is 0 Å². The largest absolute Gasteiger partial charge is 0.496 e. The number of benzene rings is 1. The van der Waals surface area contributed by atoms with Gasteiger partial charge < -0.3 is 19.7 Å². The molecular weight excluding hydrogens is 332 g/mol. The normalized spacial score (nSPS) is 14.8. The van der Waals surface area contributed by atoms with Gasteiger partial charge in [-0.05, 0) is 30.9 Å². The van der Waals surface area contributed by atoms with E-state index in [-0.39, 0.29) is 5.91 Å². The van der Waals surface area contributed by atoms with E-state index in [9.17, 15) is 4.79 Å². The van der Waals surface area contributed by atoms with Gasteiger partial charge in [0.15, 0.2) is 0 Å². The molecule has 2 heterocycles. The van der Waals surface area contributed by atoms with Crippen molar-refractivity contribution in [2.24, 2.45) is 5.92 Å². The fourth-order valence-corrected chi connectivity index (χ4v) is 3.08. The first-order valence-electron chi connectivity index (χ1n) is 8.71. The highest BCUT2D eigenvalue weighted by Crippen LogP contribution is 2.29. The van der Waals surface area contributed by atoms with E-state index >= 15 is 0 Å². The van der Waals surface area contributed by atoms with Crippen LogP contribution in [0.4, 0.5) is 11.6 Å². The average molecular weight is 356 g/mol. The van der Waals surface area contributed by atoms with Crippen molar-refractivity contribution in [1.82, 2.24) is 9.97 Å². The third-order valence-corrected chi connectivity index (χ3v) is 4.66. The van der Waals surface area contributed by atoms with E-state index in [1.165, 1.54) is 20.5 Å². The smallest absolute Gasteiger partial charge is 0.264 e. The van der Waals surface area contributed by atoms with E-state index in [0.717, 1.165) is 37.7 Å². The van der Waals surface area contributed by atoms with Crippen LogP contribution in [0.1, 0.15) is 30.1 Å². The number of methoxy groups -OCH3 is 2. The first-order chi connectivity index (χ1) is 12.6. The molecule has 7 nitrogen and oxygen atoms in total. The van der Waals surface area contributed by atoms with Gasteiger partial charge in [0.1, 0.15) is 35.0 Å². The van der Waals surface area contributed by atoms with Crippen LogP contribution < -0.4 is 19.7 Å². The van der Waals surface area contributed by atoms with Crippen molar-refractivity contribution in [2.45, 2.75) is 19.8 Å². The van der Waals surface area contributed by atoms with Crippen LogP contribution in [-0.4, -0.2) is 43.2 Å². The molecule has 138 valence electrons. The molecule has 1 saturated heterocycles. The molecule has 0 saturated carbocycles. The Morgan fingerprint density at radius 2 is 1.81 bits per heavy atom. The van der Waals surface area contributed by atoms with Crippen LogP contribution in [0.3, 0.4) is 0 Å². The molecule has 1 aliphatic rings. The highest BCUT2D eigenvalue weighted by atomic mass is 16.5. The Kier molecular flexibility index (Phi) is 5.55. The zero-order valence-electron chi connectivity index (χ0n) is 15.4. The maximum absolute atomic E-state index is 12.8. The molecule has 1 aromatic carbocycles. The van der Waals surface area contributed by atoms with Crippen molar-refractivity contribution >= 4 is 17.5 Å². The molecule has 0 spiro atoms. The third kappa shape index (κ3) is 3.87. The molecule has 1 aliphatic heterocycles. The molecule has 0 aliphatic carbocycles. The Morgan fingerprint density at radius 1 is 1.15 bits per heavy atom. The Balaban J connectivity index is 1.79. The van der Waals surface area contributed by atoms with Crippen LogP contribution in [0.2, 0.25) is 0 Å². The van der Waals surface area contributed by atoms with E-state index in [2.05, 4.69) is 27.1 Å². The maximum Gasteiger partial charge on any atom is 0.264 e. The summed E-state index contributed by atoms with van der Waals surface area (Å²) < 4.78 is 10.6. The lowest BCUT2D eigenvalue weighted by Gasteiger charge is -2.31. The number of rotatable bonds is 5. The Morgan fingerprint density at radius 3 is 2.42 bits per heavy atom. The Hall–Kier alpha value is -2.83. The number of hydrogen-bond acceptors (Lipinski definition) is 6. The van der Waals surface area contributed by atoms with Gasteiger partial charge in [-0.25, -0.2) is 9.97 Å². The molecule has 0 bridgehead atoms. The number of amides is 1. The number of carbonyl (C=O) groups excluding carboxylic acids is 1. The summed E-state index contributed by atoms with van der Waals surface area (Å²) in [4.78, 5) is 23.5. The minimum Gasteiger partial charge on any atom is -0.496 e. The minimum absolute atomic E-state index is 0.337. The topological polar surface area (TPSA) is 76.6 Å². The fraction of sp³-hybridized carbons (Fsp3) is 0.421. The van der Waals surface area contributed by atoms with Crippen LogP contribution in [0, 0.1) is 5.92 Å². The summed E-state index contributed by atoms with van der Waals surface area (Å²) >= 11 is 0. The molecule has 26 heavy (non-hydrogen) atoms. The Bertz CT molecular complexity index is 751. The molecular formula is C19H24N4O3. The number of aromatic nitrogens is 2. The molecule has 3 rings (SSSR count). The van der Waals surface area contributed by atoms with Gasteiger partial charge in [0.05, 0.1) is 14.2 Å². The number of nitrogens with one attached hydrogen (secondary N) is 1. The molecule has 1 N–H and O–H groups in total. The number of nitrogens with zero attached hydrogens (tertiary/aromatic N) is 3. The lowest BCUT2D eigenvalue weighted by molar-refractivity contribution is 0.102. The molecule has 1 amide bonds. The number of hydrogen-bond donors (Lipinski definition) is 1. The zero-order valence-corrected chi connectivity index (χ0v) is 15.4. The first kappa shape index (κ1) is 18.0. The monoisotopic (exact) mass is 356 g/mol. The molecule has 0 atom stereocenters. The number of carbonyl (C=O) groups is 1. The van der Waals surface area contributed by atoms with Crippen LogP contribution in [0.15, 0.2) is 30.6 Å². The fourth-order valence-electron chi connectivity index (χ4n) is 3.08. The molecule has 0 unspecified atom stereocenters. The lowest BCUT2D eigenvalue weighted by atomic mass is 9.99. The van der Waals surface area contributed by atoms with Crippen LogP contribution in [0.25, 0.3) is 0 Å². The van der Waals surface area contributed by atoms with E-state index in [0.29, 0.717) is 22.9 Å². The summed E-state index contributed by atoms with van der Waals surface area (Å²) in [5.74, 6) is 2.57. The van der Waals surface area contributed by atoms with Crippen LogP contribution in [0.5, 0.6) is 11.5 Å². The van der Waals surface area contributed by atoms with Crippen molar-refractivity contribution in [1.29, 1.82) is 0 Å². The molecule has 1 aromatic heterocycles. The summed E-state index contributed by atoms with van der Waals surface area (Å²) in [6, 6.07) is 7.01. The van der Waals surface area contributed by atoms with E-state index in [1.807, 2.05) is 0 Å². The van der Waals surface area contributed by atoms with Crippen molar-refractivity contribution in [2.75, 3.05) is 37.5 Å². The van der Waals surface area contributed by atoms with Crippen molar-refractivity contribution < 1.29 is 14.3 Å². The zero-order chi connectivity index (χ0) is 18.5. The predicted molar refractivity (Wildman–Crippen MR) is 100 cm³/mol. The number of ether oxygens (including phenoxy) is 2.